The minimum atomic E-state index is -0.697. The molecule has 0 radical (unpaired) electrons. The Labute approximate surface area is 147 Å². The Morgan fingerprint density at radius 2 is 1.88 bits per heavy atom. The van der Waals surface area contributed by atoms with Crippen LogP contribution in [-0.4, -0.2) is 42.5 Å². The molecule has 1 saturated heterocycles. The zero-order chi connectivity index (χ0) is 17.4. The quantitative estimate of drug-likeness (QED) is 0.874. The van der Waals surface area contributed by atoms with Crippen molar-refractivity contribution >= 4 is 5.69 Å². The Morgan fingerprint density at radius 1 is 1.16 bits per heavy atom. The predicted octanol–water partition coefficient (Wildman–Crippen LogP) is 2.98. The van der Waals surface area contributed by atoms with E-state index in [1.54, 1.807) is 0 Å². The standard InChI is InChI=1S/C19H26F2N2O2/c20-14-10-13(11-15(21)18(14)25-9-8-24)23-12-19(6-3-7-19)22-16-4-1-2-5-17(16)23/h10-11,16-17,22,24H,1-9,12H2/t16-,17-/m0/s1. The van der Waals surface area contributed by atoms with E-state index in [4.69, 9.17) is 9.84 Å². The smallest absolute Gasteiger partial charge is 0.190 e. The Bertz CT molecular complexity index is 613. The summed E-state index contributed by atoms with van der Waals surface area (Å²) in [7, 11) is 0. The molecule has 1 spiro atoms. The third-order valence-electron chi connectivity index (χ3n) is 6.06. The molecular formula is C19H26F2N2O2. The van der Waals surface area contributed by atoms with Gasteiger partial charge in [-0.3, -0.25) is 0 Å². The number of nitrogens with zero attached hydrogens (tertiary/aromatic N) is 1. The van der Waals surface area contributed by atoms with E-state index in [0.717, 1.165) is 38.6 Å². The molecule has 25 heavy (non-hydrogen) atoms. The lowest BCUT2D eigenvalue weighted by molar-refractivity contribution is 0.105. The largest absolute Gasteiger partial charge is 0.485 e. The molecule has 6 heteroatoms. The highest BCUT2D eigenvalue weighted by Gasteiger charge is 2.48. The third-order valence-corrected chi connectivity index (χ3v) is 6.06. The summed E-state index contributed by atoms with van der Waals surface area (Å²) in [5.74, 6) is -1.79. The monoisotopic (exact) mass is 352 g/mol. The van der Waals surface area contributed by atoms with Gasteiger partial charge in [0.25, 0.3) is 0 Å². The Morgan fingerprint density at radius 3 is 2.52 bits per heavy atom. The molecule has 1 aliphatic heterocycles. The molecule has 2 atom stereocenters. The second kappa shape index (κ2) is 6.72. The highest BCUT2D eigenvalue weighted by Crippen LogP contribution is 2.42. The van der Waals surface area contributed by atoms with E-state index in [2.05, 4.69) is 10.2 Å². The third kappa shape index (κ3) is 3.10. The molecule has 3 aliphatic rings. The Balaban J connectivity index is 1.64. The van der Waals surface area contributed by atoms with Crippen molar-refractivity contribution in [1.82, 2.24) is 5.32 Å². The van der Waals surface area contributed by atoms with Gasteiger partial charge in [0.15, 0.2) is 17.4 Å². The number of hydrogen-bond acceptors (Lipinski definition) is 4. The zero-order valence-electron chi connectivity index (χ0n) is 14.4. The van der Waals surface area contributed by atoms with E-state index in [-0.39, 0.29) is 18.8 Å². The average molecular weight is 352 g/mol. The number of benzene rings is 1. The summed E-state index contributed by atoms with van der Waals surface area (Å²) in [5, 5.41) is 12.7. The van der Waals surface area contributed by atoms with Gasteiger partial charge in [-0.1, -0.05) is 12.8 Å². The number of hydrogen-bond donors (Lipinski definition) is 2. The molecule has 0 bridgehead atoms. The van der Waals surface area contributed by atoms with E-state index in [0.29, 0.717) is 17.8 Å². The lowest BCUT2D eigenvalue weighted by Gasteiger charge is -2.58. The molecule has 1 heterocycles. The maximum Gasteiger partial charge on any atom is 0.190 e. The van der Waals surface area contributed by atoms with Gasteiger partial charge in [0.05, 0.1) is 6.61 Å². The van der Waals surface area contributed by atoms with Crippen LogP contribution in [0.15, 0.2) is 12.1 Å². The molecule has 4 rings (SSSR count). The highest BCUT2D eigenvalue weighted by molar-refractivity contribution is 5.53. The maximum absolute atomic E-state index is 14.4. The number of ether oxygens (including phenoxy) is 1. The zero-order valence-corrected chi connectivity index (χ0v) is 14.4. The van der Waals surface area contributed by atoms with E-state index >= 15 is 0 Å². The number of anilines is 1. The number of halogens is 2. The van der Waals surface area contributed by atoms with Crippen molar-refractivity contribution < 1.29 is 18.6 Å². The minimum absolute atomic E-state index is 0.109. The van der Waals surface area contributed by atoms with E-state index in [9.17, 15) is 8.78 Å². The molecule has 4 nitrogen and oxygen atoms in total. The number of rotatable bonds is 4. The fraction of sp³-hybridized carbons (Fsp3) is 0.684. The van der Waals surface area contributed by atoms with Crippen molar-refractivity contribution in [3.05, 3.63) is 23.8 Å². The van der Waals surface area contributed by atoms with Crippen molar-refractivity contribution in [2.24, 2.45) is 0 Å². The SMILES string of the molecule is OCCOc1c(F)cc(N2CC3(CCC3)N[C@H]3CCCC[C@@H]32)cc1F. The lowest BCUT2D eigenvalue weighted by Crippen LogP contribution is -2.72. The summed E-state index contributed by atoms with van der Waals surface area (Å²) in [6.45, 7) is 0.420. The molecule has 0 aromatic heterocycles. The van der Waals surface area contributed by atoms with E-state index < -0.39 is 17.4 Å². The number of piperazine rings is 1. The predicted molar refractivity (Wildman–Crippen MR) is 92.0 cm³/mol. The Kier molecular flexibility index (Phi) is 4.58. The van der Waals surface area contributed by atoms with Crippen LogP contribution >= 0.6 is 0 Å². The van der Waals surface area contributed by atoms with Crippen molar-refractivity contribution in [2.45, 2.75) is 62.6 Å². The molecule has 3 fully saturated rings. The number of aliphatic hydroxyl groups excluding tert-OH is 1. The molecule has 0 amide bonds. The van der Waals surface area contributed by atoms with Crippen molar-refractivity contribution in [2.75, 3.05) is 24.7 Å². The van der Waals surface area contributed by atoms with Crippen molar-refractivity contribution in [1.29, 1.82) is 0 Å². The van der Waals surface area contributed by atoms with Gasteiger partial charge in [-0.2, -0.15) is 0 Å². The second-order valence-corrected chi connectivity index (χ2v) is 7.68. The first kappa shape index (κ1) is 17.0. The topological polar surface area (TPSA) is 44.7 Å². The van der Waals surface area contributed by atoms with Gasteiger partial charge in [0.2, 0.25) is 0 Å². The molecule has 2 aliphatic carbocycles. The van der Waals surface area contributed by atoms with Gasteiger partial charge in [0.1, 0.15) is 6.61 Å². The van der Waals surface area contributed by atoms with Gasteiger partial charge >= 0.3 is 0 Å². The van der Waals surface area contributed by atoms with Crippen LogP contribution in [-0.2, 0) is 0 Å². The van der Waals surface area contributed by atoms with Crippen LogP contribution in [0.3, 0.4) is 0 Å². The van der Waals surface area contributed by atoms with E-state index in [1.165, 1.54) is 25.0 Å². The van der Waals surface area contributed by atoms with Gasteiger partial charge in [-0.05, 0) is 32.1 Å². The van der Waals surface area contributed by atoms with Crippen molar-refractivity contribution in [3.63, 3.8) is 0 Å². The van der Waals surface area contributed by atoms with E-state index in [1.807, 2.05) is 0 Å². The summed E-state index contributed by atoms with van der Waals surface area (Å²) < 4.78 is 33.8. The van der Waals surface area contributed by atoms with Gasteiger partial charge in [0, 0.05) is 42.0 Å². The molecule has 2 saturated carbocycles. The fourth-order valence-electron chi connectivity index (χ4n) is 4.72. The maximum atomic E-state index is 14.4. The van der Waals surface area contributed by atoms with Crippen LogP contribution < -0.4 is 15.0 Å². The van der Waals surface area contributed by atoms with Gasteiger partial charge < -0.3 is 20.1 Å². The highest BCUT2D eigenvalue weighted by atomic mass is 19.1. The molecular weight excluding hydrogens is 326 g/mol. The summed E-state index contributed by atoms with van der Waals surface area (Å²) in [6.07, 6.45) is 8.05. The average Bonchev–Trinajstić information content (AvgIpc) is 2.58. The Hall–Kier alpha value is -1.40. The van der Waals surface area contributed by atoms with Crippen LogP contribution in [0.1, 0.15) is 44.9 Å². The van der Waals surface area contributed by atoms with Crippen LogP contribution in [0.2, 0.25) is 0 Å². The molecule has 1 aromatic rings. The summed E-state index contributed by atoms with van der Waals surface area (Å²) in [4.78, 5) is 2.22. The lowest BCUT2D eigenvalue weighted by atomic mass is 9.71. The second-order valence-electron chi connectivity index (χ2n) is 7.68. The molecule has 2 N–H and O–H groups in total. The summed E-state index contributed by atoms with van der Waals surface area (Å²) in [6, 6.07) is 3.47. The van der Waals surface area contributed by atoms with Crippen LogP contribution in [0.25, 0.3) is 0 Å². The number of aliphatic hydroxyl groups is 1. The van der Waals surface area contributed by atoms with Crippen LogP contribution in [0.4, 0.5) is 14.5 Å². The number of nitrogens with one attached hydrogen (secondary N) is 1. The van der Waals surface area contributed by atoms with Gasteiger partial charge in [-0.25, -0.2) is 8.78 Å². The van der Waals surface area contributed by atoms with Crippen molar-refractivity contribution in [3.8, 4) is 5.75 Å². The minimum Gasteiger partial charge on any atom is -0.485 e. The van der Waals surface area contributed by atoms with Crippen LogP contribution in [0, 0.1) is 11.6 Å². The first-order valence-electron chi connectivity index (χ1n) is 9.39. The van der Waals surface area contributed by atoms with Crippen LogP contribution in [0.5, 0.6) is 5.75 Å². The fourth-order valence-corrected chi connectivity index (χ4v) is 4.72. The summed E-state index contributed by atoms with van der Waals surface area (Å²) >= 11 is 0. The summed E-state index contributed by atoms with van der Waals surface area (Å²) in [5.41, 5.74) is 0.716. The van der Waals surface area contributed by atoms with Gasteiger partial charge in [-0.15, -0.1) is 0 Å². The first-order chi connectivity index (χ1) is 12.1. The first-order valence-corrected chi connectivity index (χ1v) is 9.39. The normalized spacial score (nSPS) is 27.7. The molecule has 0 unspecified atom stereocenters. The molecule has 1 aromatic carbocycles. The molecule has 138 valence electrons. The number of fused-ring (bicyclic) bond motifs is 1.